The molecule has 0 saturated carbocycles. The first-order chi connectivity index (χ1) is 11.5. The van der Waals surface area contributed by atoms with Crippen LogP contribution in [-0.4, -0.2) is 50.2 Å². The number of carbonyl (C=O) groups excluding carboxylic acids is 2. The Labute approximate surface area is 140 Å². The second kappa shape index (κ2) is 6.82. The average molecular weight is 327 g/mol. The summed E-state index contributed by atoms with van der Waals surface area (Å²) < 4.78 is 0. The number of amides is 2. The molecule has 1 aliphatic heterocycles. The first-order valence-electron chi connectivity index (χ1n) is 7.96. The number of pyridine rings is 1. The number of imidazole rings is 1. The molecule has 24 heavy (non-hydrogen) atoms. The molecule has 1 fully saturated rings. The van der Waals surface area contributed by atoms with Crippen molar-refractivity contribution in [1.29, 1.82) is 0 Å². The van der Waals surface area contributed by atoms with Gasteiger partial charge < -0.3 is 14.8 Å². The van der Waals surface area contributed by atoms with E-state index in [9.17, 15) is 9.59 Å². The summed E-state index contributed by atoms with van der Waals surface area (Å²) in [5.41, 5.74) is 1.79. The van der Waals surface area contributed by atoms with Crippen LogP contribution in [0.2, 0.25) is 0 Å². The molecule has 2 aromatic rings. The largest absolute Gasteiger partial charge is 0.345 e. The van der Waals surface area contributed by atoms with E-state index in [1.807, 2.05) is 25.1 Å². The lowest BCUT2D eigenvalue weighted by atomic mass is 10.1. The van der Waals surface area contributed by atoms with Crippen molar-refractivity contribution in [3.8, 4) is 0 Å². The molecule has 1 aliphatic rings. The zero-order valence-electron chi connectivity index (χ0n) is 13.9. The zero-order valence-corrected chi connectivity index (χ0v) is 13.9. The van der Waals surface area contributed by atoms with Crippen molar-refractivity contribution in [3.05, 3.63) is 47.8 Å². The van der Waals surface area contributed by atoms with E-state index in [0.717, 1.165) is 17.2 Å². The normalized spacial score (nSPS) is 17.3. The fourth-order valence-corrected chi connectivity index (χ4v) is 2.94. The third kappa shape index (κ3) is 3.61. The van der Waals surface area contributed by atoms with Crippen LogP contribution >= 0.6 is 0 Å². The lowest BCUT2D eigenvalue weighted by Crippen LogP contribution is -2.34. The second-order valence-electron chi connectivity index (χ2n) is 6.20. The Balaban J connectivity index is 1.59. The molecule has 1 saturated heterocycles. The summed E-state index contributed by atoms with van der Waals surface area (Å²) in [4.78, 5) is 39.7. The summed E-state index contributed by atoms with van der Waals surface area (Å²) in [6, 6.07) is 5.62. The van der Waals surface area contributed by atoms with Crippen LogP contribution in [-0.2, 0) is 22.7 Å². The van der Waals surface area contributed by atoms with Crippen molar-refractivity contribution < 1.29 is 9.59 Å². The van der Waals surface area contributed by atoms with Crippen LogP contribution in [0.1, 0.15) is 23.6 Å². The van der Waals surface area contributed by atoms with Crippen molar-refractivity contribution in [2.75, 3.05) is 13.6 Å². The molecule has 0 aromatic carbocycles. The molecular weight excluding hydrogens is 306 g/mol. The molecule has 0 radical (unpaired) electrons. The summed E-state index contributed by atoms with van der Waals surface area (Å²) in [7, 11) is 1.74. The molecule has 0 spiro atoms. The van der Waals surface area contributed by atoms with Gasteiger partial charge in [0, 0.05) is 38.1 Å². The third-order valence-electron chi connectivity index (χ3n) is 4.16. The standard InChI is InChI=1S/C17H21N5O2/c1-12-8-19-15(20-12)11-21(2)17(24)13-7-16(23)22(9-13)10-14-5-3-4-6-18-14/h3-6,8,13H,7,9-11H2,1-2H3,(H,19,20)/t13-/m1/s1. The van der Waals surface area contributed by atoms with E-state index in [-0.39, 0.29) is 24.2 Å². The average Bonchev–Trinajstić information content (AvgIpc) is 3.14. The first kappa shape index (κ1) is 16.2. The fraction of sp³-hybridized carbons (Fsp3) is 0.412. The van der Waals surface area contributed by atoms with E-state index in [2.05, 4.69) is 15.0 Å². The Morgan fingerprint density at radius 2 is 2.25 bits per heavy atom. The number of aromatic amines is 1. The highest BCUT2D eigenvalue weighted by molar-refractivity contribution is 5.89. The molecule has 3 rings (SSSR count). The highest BCUT2D eigenvalue weighted by Gasteiger charge is 2.35. The number of carbonyl (C=O) groups is 2. The molecule has 0 unspecified atom stereocenters. The predicted molar refractivity (Wildman–Crippen MR) is 87.6 cm³/mol. The topological polar surface area (TPSA) is 82.2 Å². The highest BCUT2D eigenvalue weighted by Crippen LogP contribution is 2.22. The van der Waals surface area contributed by atoms with Gasteiger partial charge in [0.25, 0.3) is 0 Å². The zero-order chi connectivity index (χ0) is 17.1. The SMILES string of the molecule is Cc1cnc(CN(C)C(=O)[C@@H]2CC(=O)N(Cc3ccccn3)C2)[nH]1. The molecule has 3 heterocycles. The van der Waals surface area contributed by atoms with E-state index >= 15 is 0 Å². The minimum atomic E-state index is -0.303. The van der Waals surface area contributed by atoms with Gasteiger partial charge in [0.1, 0.15) is 5.82 Å². The number of H-pyrrole nitrogens is 1. The molecule has 0 bridgehead atoms. The molecule has 0 aliphatic carbocycles. The van der Waals surface area contributed by atoms with Crippen LogP contribution in [0.5, 0.6) is 0 Å². The molecule has 2 amide bonds. The van der Waals surface area contributed by atoms with E-state index in [1.165, 1.54) is 0 Å². The molecule has 1 N–H and O–H groups in total. The summed E-state index contributed by atoms with van der Waals surface area (Å²) in [6.07, 6.45) is 3.70. The molecule has 1 atom stereocenters. The Morgan fingerprint density at radius 3 is 2.92 bits per heavy atom. The number of nitrogens with one attached hydrogen (secondary N) is 1. The van der Waals surface area contributed by atoms with Gasteiger partial charge in [-0.25, -0.2) is 4.98 Å². The highest BCUT2D eigenvalue weighted by atomic mass is 16.2. The quantitative estimate of drug-likeness (QED) is 0.892. The summed E-state index contributed by atoms with van der Waals surface area (Å²) in [5.74, 6) is 0.419. The van der Waals surface area contributed by atoms with Crippen LogP contribution in [0.4, 0.5) is 0 Å². The Morgan fingerprint density at radius 1 is 1.42 bits per heavy atom. The third-order valence-corrected chi connectivity index (χ3v) is 4.16. The Kier molecular flexibility index (Phi) is 4.59. The van der Waals surface area contributed by atoms with Gasteiger partial charge in [-0.1, -0.05) is 6.07 Å². The van der Waals surface area contributed by atoms with Crippen LogP contribution < -0.4 is 0 Å². The number of hydrogen-bond acceptors (Lipinski definition) is 4. The second-order valence-corrected chi connectivity index (χ2v) is 6.20. The summed E-state index contributed by atoms with van der Waals surface area (Å²) >= 11 is 0. The van der Waals surface area contributed by atoms with Gasteiger partial charge in [-0.15, -0.1) is 0 Å². The van der Waals surface area contributed by atoms with Crippen LogP contribution in [0.15, 0.2) is 30.6 Å². The van der Waals surface area contributed by atoms with Crippen molar-refractivity contribution in [2.24, 2.45) is 5.92 Å². The smallest absolute Gasteiger partial charge is 0.228 e. The summed E-state index contributed by atoms with van der Waals surface area (Å²) in [6.45, 7) is 3.22. The first-order valence-corrected chi connectivity index (χ1v) is 7.96. The van der Waals surface area contributed by atoms with Gasteiger partial charge in [-0.2, -0.15) is 0 Å². The number of likely N-dealkylation sites (tertiary alicyclic amines) is 1. The Hall–Kier alpha value is -2.70. The number of nitrogens with zero attached hydrogens (tertiary/aromatic N) is 4. The minimum absolute atomic E-state index is 0.00115. The maximum atomic E-state index is 12.6. The van der Waals surface area contributed by atoms with Crippen molar-refractivity contribution in [1.82, 2.24) is 24.8 Å². The van der Waals surface area contributed by atoms with Crippen LogP contribution in [0, 0.1) is 12.8 Å². The lowest BCUT2D eigenvalue weighted by molar-refractivity contribution is -0.135. The monoisotopic (exact) mass is 327 g/mol. The van der Waals surface area contributed by atoms with Crippen molar-refractivity contribution >= 4 is 11.8 Å². The number of hydrogen-bond donors (Lipinski definition) is 1. The maximum Gasteiger partial charge on any atom is 0.228 e. The molecule has 126 valence electrons. The molecule has 7 heteroatoms. The van der Waals surface area contributed by atoms with Gasteiger partial charge in [0.05, 0.1) is 24.7 Å². The number of aryl methyl sites for hydroxylation is 1. The number of aromatic nitrogens is 3. The van der Waals surface area contributed by atoms with E-state index in [0.29, 0.717) is 19.6 Å². The van der Waals surface area contributed by atoms with Gasteiger partial charge in [0.2, 0.25) is 11.8 Å². The minimum Gasteiger partial charge on any atom is -0.345 e. The van der Waals surface area contributed by atoms with Crippen LogP contribution in [0.25, 0.3) is 0 Å². The predicted octanol–water partition coefficient (Wildman–Crippen LogP) is 1.12. The maximum absolute atomic E-state index is 12.6. The molecular formula is C17H21N5O2. The van der Waals surface area contributed by atoms with Crippen molar-refractivity contribution in [2.45, 2.75) is 26.4 Å². The van der Waals surface area contributed by atoms with E-state index in [1.54, 1.807) is 29.2 Å². The molecule has 7 nitrogen and oxygen atoms in total. The van der Waals surface area contributed by atoms with Gasteiger partial charge in [-0.3, -0.25) is 14.6 Å². The van der Waals surface area contributed by atoms with Crippen LogP contribution in [0.3, 0.4) is 0 Å². The fourth-order valence-electron chi connectivity index (χ4n) is 2.94. The van der Waals surface area contributed by atoms with E-state index in [4.69, 9.17) is 0 Å². The van der Waals surface area contributed by atoms with Gasteiger partial charge in [0.15, 0.2) is 0 Å². The van der Waals surface area contributed by atoms with Crippen molar-refractivity contribution in [3.63, 3.8) is 0 Å². The van der Waals surface area contributed by atoms with Gasteiger partial charge >= 0.3 is 0 Å². The number of rotatable bonds is 5. The molecule has 2 aromatic heterocycles. The lowest BCUT2D eigenvalue weighted by Gasteiger charge is -2.20. The van der Waals surface area contributed by atoms with E-state index < -0.39 is 0 Å². The summed E-state index contributed by atoms with van der Waals surface area (Å²) in [5, 5.41) is 0. The Bertz CT molecular complexity index is 728. The van der Waals surface area contributed by atoms with Gasteiger partial charge in [-0.05, 0) is 19.1 Å².